The highest BCUT2D eigenvalue weighted by Crippen LogP contribution is 2.35. The summed E-state index contributed by atoms with van der Waals surface area (Å²) in [4.78, 5) is 4.65. The number of hydrogen-bond acceptors (Lipinski definition) is 2. The Kier molecular flexibility index (Phi) is 3.32. The van der Waals surface area contributed by atoms with Crippen LogP contribution in [0.1, 0.15) is 6.92 Å². The summed E-state index contributed by atoms with van der Waals surface area (Å²) in [5.74, 6) is 0.771. The highest BCUT2D eigenvalue weighted by molar-refractivity contribution is 6.34. The van der Waals surface area contributed by atoms with Crippen molar-refractivity contribution >= 4 is 39.9 Å². The molecular formula is C15H13Cl2N3. The Balaban J connectivity index is 2.36. The van der Waals surface area contributed by atoms with Gasteiger partial charge < -0.3 is 10.3 Å². The maximum Gasteiger partial charge on any atom is 0.144 e. The molecule has 1 heterocycles. The van der Waals surface area contributed by atoms with Crippen LogP contribution in [0, 0.1) is 0 Å². The summed E-state index contributed by atoms with van der Waals surface area (Å²) in [6.07, 6.45) is 0. The van der Waals surface area contributed by atoms with Crippen molar-refractivity contribution in [3.8, 4) is 11.4 Å². The zero-order valence-electron chi connectivity index (χ0n) is 10.9. The predicted molar refractivity (Wildman–Crippen MR) is 85.3 cm³/mol. The first-order chi connectivity index (χ1) is 9.61. The van der Waals surface area contributed by atoms with E-state index in [4.69, 9.17) is 28.9 Å². The van der Waals surface area contributed by atoms with Crippen molar-refractivity contribution in [3.63, 3.8) is 0 Å². The molecule has 0 aliphatic heterocycles. The molecule has 3 rings (SSSR count). The Morgan fingerprint density at radius 3 is 2.70 bits per heavy atom. The van der Waals surface area contributed by atoms with Gasteiger partial charge in [-0.25, -0.2) is 4.98 Å². The molecule has 0 aliphatic rings. The van der Waals surface area contributed by atoms with Crippen LogP contribution in [0.25, 0.3) is 22.4 Å². The number of halogens is 2. The lowest BCUT2D eigenvalue weighted by molar-refractivity contribution is 0.796. The van der Waals surface area contributed by atoms with Crippen molar-refractivity contribution in [1.29, 1.82) is 0 Å². The Morgan fingerprint density at radius 1 is 1.20 bits per heavy atom. The second-order valence-corrected chi connectivity index (χ2v) is 5.36. The highest BCUT2D eigenvalue weighted by Gasteiger charge is 2.16. The summed E-state index contributed by atoms with van der Waals surface area (Å²) in [5, 5.41) is 1.26. The van der Waals surface area contributed by atoms with E-state index >= 15 is 0 Å². The number of anilines is 1. The van der Waals surface area contributed by atoms with Crippen molar-refractivity contribution in [2.45, 2.75) is 13.5 Å². The van der Waals surface area contributed by atoms with Gasteiger partial charge in [0.25, 0.3) is 0 Å². The maximum absolute atomic E-state index is 6.29. The Labute approximate surface area is 126 Å². The Hall–Kier alpha value is -1.71. The molecule has 2 aromatic carbocycles. The van der Waals surface area contributed by atoms with Gasteiger partial charge in [-0.15, -0.1) is 0 Å². The van der Waals surface area contributed by atoms with E-state index in [0.29, 0.717) is 15.7 Å². The molecule has 0 spiro atoms. The van der Waals surface area contributed by atoms with E-state index in [1.165, 1.54) is 0 Å². The number of nitrogen functional groups attached to an aromatic ring is 1. The van der Waals surface area contributed by atoms with Crippen LogP contribution in [0.3, 0.4) is 0 Å². The summed E-state index contributed by atoms with van der Waals surface area (Å²) in [7, 11) is 0. The van der Waals surface area contributed by atoms with Crippen molar-refractivity contribution in [1.82, 2.24) is 9.55 Å². The fourth-order valence-electron chi connectivity index (χ4n) is 2.39. The lowest BCUT2D eigenvalue weighted by Crippen LogP contribution is -2.00. The molecule has 2 N–H and O–H groups in total. The molecule has 3 nitrogen and oxygen atoms in total. The summed E-state index contributed by atoms with van der Waals surface area (Å²) in [5.41, 5.74) is 9.31. The third-order valence-corrected chi connectivity index (χ3v) is 3.85. The van der Waals surface area contributed by atoms with Gasteiger partial charge in [-0.3, -0.25) is 0 Å². The number of hydrogen-bond donors (Lipinski definition) is 1. The van der Waals surface area contributed by atoms with Crippen molar-refractivity contribution in [2.75, 3.05) is 5.73 Å². The van der Waals surface area contributed by atoms with Crippen LogP contribution in [-0.2, 0) is 6.54 Å². The molecule has 0 aliphatic carbocycles. The summed E-state index contributed by atoms with van der Waals surface area (Å²) >= 11 is 12.3. The van der Waals surface area contributed by atoms with E-state index in [1.807, 2.05) is 36.4 Å². The minimum atomic E-state index is 0.598. The third-order valence-electron chi connectivity index (χ3n) is 3.30. The Morgan fingerprint density at radius 2 is 2.00 bits per heavy atom. The number of nitrogens with zero attached hydrogens (tertiary/aromatic N) is 2. The van der Waals surface area contributed by atoms with Crippen LogP contribution < -0.4 is 5.73 Å². The highest BCUT2D eigenvalue weighted by atomic mass is 35.5. The molecule has 0 fully saturated rings. The van der Waals surface area contributed by atoms with E-state index in [-0.39, 0.29) is 0 Å². The van der Waals surface area contributed by atoms with Gasteiger partial charge >= 0.3 is 0 Å². The zero-order chi connectivity index (χ0) is 14.3. The molecule has 5 heteroatoms. The SMILES string of the molecule is CCn1c(-c2c(N)cccc2Cl)nc2cc(Cl)ccc21. The van der Waals surface area contributed by atoms with Crippen molar-refractivity contribution in [2.24, 2.45) is 0 Å². The van der Waals surface area contributed by atoms with Gasteiger partial charge in [0.2, 0.25) is 0 Å². The molecule has 0 radical (unpaired) electrons. The van der Waals surface area contributed by atoms with Gasteiger partial charge in [-0.1, -0.05) is 29.3 Å². The summed E-state index contributed by atoms with van der Waals surface area (Å²) in [6, 6.07) is 11.1. The van der Waals surface area contributed by atoms with Gasteiger partial charge in [-0.2, -0.15) is 0 Å². The van der Waals surface area contributed by atoms with Crippen molar-refractivity contribution < 1.29 is 0 Å². The van der Waals surface area contributed by atoms with Crippen LogP contribution in [0.5, 0.6) is 0 Å². The normalized spacial score (nSPS) is 11.2. The lowest BCUT2D eigenvalue weighted by atomic mass is 10.1. The first kappa shape index (κ1) is 13.3. The lowest BCUT2D eigenvalue weighted by Gasteiger charge is -2.10. The first-order valence-electron chi connectivity index (χ1n) is 6.32. The molecule has 0 saturated carbocycles. The minimum Gasteiger partial charge on any atom is -0.398 e. The molecule has 20 heavy (non-hydrogen) atoms. The van der Waals surface area contributed by atoms with Gasteiger partial charge in [0, 0.05) is 17.3 Å². The molecule has 0 unspecified atom stereocenters. The number of nitrogens with two attached hydrogens (primary N) is 1. The number of aryl methyl sites for hydroxylation is 1. The van der Waals surface area contributed by atoms with Gasteiger partial charge in [-0.05, 0) is 37.3 Å². The zero-order valence-corrected chi connectivity index (χ0v) is 12.4. The van der Waals surface area contributed by atoms with E-state index in [0.717, 1.165) is 29.0 Å². The predicted octanol–water partition coefficient (Wildman–Crippen LogP) is 4.61. The average Bonchev–Trinajstić information content (AvgIpc) is 2.75. The second-order valence-electron chi connectivity index (χ2n) is 4.52. The van der Waals surface area contributed by atoms with Gasteiger partial charge in [0.15, 0.2) is 0 Å². The molecule has 0 bridgehead atoms. The van der Waals surface area contributed by atoms with Crippen LogP contribution in [0.15, 0.2) is 36.4 Å². The first-order valence-corrected chi connectivity index (χ1v) is 7.07. The molecule has 0 amide bonds. The van der Waals surface area contributed by atoms with Crippen LogP contribution in [0.2, 0.25) is 10.0 Å². The number of fused-ring (bicyclic) bond motifs is 1. The number of rotatable bonds is 2. The number of benzene rings is 2. The second kappa shape index (κ2) is 5.00. The van der Waals surface area contributed by atoms with Crippen LogP contribution in [0.4, 0.5) is 5.69 Å². The largest absolute Gasteiger partial charge is 0.398 e. The monoisotopic (exact) mass is 305 g/mol. The molecule has 0 atom stereocenters. The van der Waals surface area contributed by atoms with Gasteiger partial charge in [0.1, 0.15) is 5.82 Å². The van der Waals surface area contributed by atoms with E-state index < -0.39 is 0 Å². The Bertz CT molecular complexity index is 773. The number of imidazole rings is 1. The topological polar surface area (TPSA) is 43.8 Å². The van der Waals surface area contributed by atoms with Crippen molar-refractivity contribution in [3.05, 3.63) is 46.4 Å². The molecule has 102 valence electrons. The van der Waals surface area contributed by atoms with E-state index in [2.05, 4.69) is 16.5 Å². The average molecular weight is 306 g/mol. The fraction of sp³-hybridized carbons (Fsp3) is 0.133. The minimum absolute atomic E-state index is 0.598. The van der Waals surface area contributed by atoms with Crippen LogP contribution >= 0.6 is 23.2 Å². The smallest absolute Gasteiger partial charge is 0.144 e. The number of aromatic nitrogens is 2. The van der Waals surface area contributed by atoms with Crippen LogP contribution in [-0.4, -0.2) is 9.55 Å². The standard InChI is InChI=1S/C15H13Cl2N3/c1-2-20-13-7-6-9(16)8-12(13)19-15(20)14-10(17)4-3-5-11(14)18/h3-8H,2,18H2,1H3. The van der Waals surface area contributed by atoms with E-state index in [9.17, 15) is 0 Å². The fourth-order valence-corrected chi connectivity index (χ4v) is 2.82. The summed E-state index contributed by atoms with van der Waals surface area (Å²) < 4.78 is 2.09. The van der Waals surface area contributed by atoms with Gasteiger partial charge in [0.05, 0.1) is 21.6 Å². The molecule has 3 aromatic rings. The molecule has 1 aromatic heterocycles. The third kappa shape index (κ3) is 2.03. The molecule has 0 saturated heterocycles. The quantitative estimate of drug-likeness (QED) is 0.702. The summed E-state index contributed by atoms with van der Waals surface area (Å²) in [6.45, 7) is 2.84. The maximum atomic E-state index is 6.29. The molecular weight excluding hydrogens is 293 g/mol. The van der Waals surface area contributed by atoms with E-state index in [1.54, 1.807) is 0 Å².